The van der Waals surface area contributed by atoms with Crippen LogP contribution in [-0.2, 0) is 20.8 Å². The zero-order valence-electron chi connectivity index (χ0n) is 18.8. The summed E-state index contributed by atoms with van der Waals surface area (Å²) in [7, 11) is 5.10. The number of carbonyl (C=O) groups excluding carboxylic acids is 1. The van der Waals surface area contributed by atoms with E-state index in [1.165, 1.54) is 0 Å². The molecule has 1 aromatic rings. The van der Waals surface area contributed by atoms with Crippen molar-refractivity contribution in [2.45, 2.75) is 26.8 Å². The number of likely N-dealkylation sites (N-methyl/N-ethyl adjacent to an activating group) is 1. The summed E-state index contributed by atoms with van der Waals surface area (Å²) in [5, 5.41) is 6.34. The Labute approximate surface area is 197 Å². The van der Waals surface area contributed by atoms with E-state index in [0.717, 1.165) is 23.3 Å². The van der Waals surface area contributed by atoms with E-state index in [0.29, 0.717) is 45.5 Å². The van der Waals surface area contributed by atoms with Gasteiger partial charge in [-0.3, -0.25) is 4.79 Å². The van der Waals surface area contributed by atoms with Crippen molar-refractivity contribution < 1.29 is 19.0 Å². The molecule has 8 nitrogen and oxygen atoms in total. The Balaban J connectivity index is 0.00000841. The molecule has 0 atom stereocenters. The first-order valence-corrected chi connectivity index (χ1v) is 9.99. The zero-order chi connectivity index (χ0) is 21.5. The van der Waals surface area contributed by atoms with E-state index in [4.69, 9.17) is 14.2 Å². The van der Waals surface area contributed by atoms with Crippen LogP contribution in [0.5, 0.6) is 5.75 Å². The fourth-order valence-corrected chi connectivity index (χ4v) is 2.34. The SMILES string of the molecule is CCOCCCNC(=NCc1ccc(C)cc1OCCOC)NCC(=O)N(C)C.I. The minimum Gasteiger partial charge on any atom is -0.491 e. The molecule has 172 valence electrons. The quantitative estimate of drug-likeness (QED) is 0.174. The number of aliphatic imine (C=N–C) groups is 1. The third kappa shape index (κ3) is 12.2. The molecule has 0 heterocycles. The third-order valence-corrected chi connectivity index (χ3v) is 4.04. The summed E-state index contributed by atoms with van der Waals surface area (Å²) in [4.78, 5) is 18.1. The van der Waals surface area contributed by atoms with Gasteiger partial charge in [-0.15, -0.1) is 24.0 Å². The van der Waals surface area contributed by atoms with E-state index in [9.17, 15) is 4.79 Å². The number of hydrogen-bond donors (Lipinski definition) is 2. The second-order valence-electron chi connectivity index (χ2n) is 6.74. The molecule has 0 aliphatic heterocycles. The van der Waals surface area contributed by atoms with Crippen molar-refractivity contribution in [1.29, 1.82) is 0 Å². The van der Waals surface area contributed by atoms with Gasteiger partial charge in [0.1, 0.15) is 12.4 Å². The van der Waals surface area contributed by atoms with Crippen LogP contribution in [0.4, 0.5) is 0 Å². The van der Waals surface area contributed by atoms with Crippen molar-refractivity contribution in [2.75, 3.05) is 60.7 Å². The number of amides is 1. The summed E-state index contributed by atoms with van der Waals surface area (Å²) in [6.07, 6.45) is 0.853. The monoisotopic (exact) mass is 536 g/mol. The van der Waals surface area contributed by atoms with Gasteiger partial charge in [0.15, 0.2) is 5.96 Å². The third-order valence-electron chi connectivity index (χ3n) is 4.04. The molecule has 1 aromatic carbocycles. The van der Waals surface area contributed by atoms with Crippen molar-refractivity contribution >= 4 is 35.8 Å². The molecule has 0 bridgehead atoms. The maximum atomic E-state index is 11.9. The maximum Gasteiger partial charge on any atom is 0.241 e. The normalized spacial score (nSPS) is 10.9. The van der Waals surface area contributed by atoms with E-state index in [2.05, 4.69) is 15.6 Å². The van der Waals surface area contributed by atoms with Crippen LogP contribution >= 0.6 is 24.0 Å². The largest absolute Gasteiger partial charge is 0.491 e. The highest BCUT2D eigenvalue weighted by Gasteiger charge is 2.08. The molecule has 2 N–H and O–H groups in total. The number of methoxy groups -OCH3 is 1. The first-order valence-electron chi connectivity index (χ1n) is 9.99. The number of halogens is 1. The van der Waals surface area contributed by atoms with E-state index in [-0.39, 0.29) is 36.4 Å². The van der Waals surface area contributed by atoms with E-state index >= 15 is 0 Å². The van der Waals surface area contributed by atoms with Crippen LogP contribution in [0.25, 0.3) is 0 Å². The summed E-state index contributed by atoms with van der Waals surface area (Å²) in [6, 6.07) is 6.05. The molecule has 0 aromatic heterocycles. The molecule has 1 rings (SSSR count). The van der Waals surface area contributed by atoms with Gasteiger partial charge in [-0.05, 0) is 31.9 Å². The van der Waals surface area contributed by atoms with Gasteiger partial charge in [0.05, 0.1) is 19.7 Å². The van der Waals surface area contributed by atoms with Gasteiger partial charge in [-0.1, -0.05) is 12.1 Å². The average molecular weight is 536 g/mol. The first kappa shape index (κ1) is 28.4. The predicted molar refractivity (Wildman–Crippen MR) is 131 cm³/mol. The topological polar surface area (TPSA) is 84.4 Å². The summed E-state index contributed by atoms with van der Waals surface area (Å²) in [5.74, 6) is 1.36. The van der Waals surface area contributed by atoms with Crippen molar-refractivity contribution in [3.63, 3.8) is 0 Å². The smallest absolute Gasteiger partial charge is 0.241 e. The number of hydrogen-bond acceptors (Lipinski definition) is 5. The van der Waals surface area contributed by atoms with E-state index in [1.807, 2.05) is 32.0 Å². The van der Waals surface area contributed by atoms with Crippen molar-refractivity contribution in [3.05, 3.63) is 29.3 Å². The minimum atomic E-state index is -0.0206. The standard InChI is InChI=1S/C21H36N4O4.HI/c1-6-28-11-7-10-22-21(24-16-20(26)25(3)4)23-15-18-9-8-17(2)14-19(18)29-13-12-27-5;/h8-9,14H,6-7,10-13,15-16H2,1-5H3,(H2,22,23,24);1H. The number of benzene rings is 1. The number of aryl methyl sites for hydroxylation is 1. The molecular weight excluding hydrogens is 499 g/mol. The molecule has 0 spiro atoms. The predicted octanol–water partition coefficient (Wildman–Crippen LogP) is 2.19. The number of nitrogens with zero attached hydrogens (tertiary/aromatic N) is 2. The highest BCUT2D eigenvalue weighted by Crippen LogP contribution is 2.21. The van der Waals surface area contributed by atoms with Crippen molar-refractivity contribution in [3.8, 4) is 5.75 Å². The van der Waals surface area contributed by atoms with Gasteiger partial charge in [0.2, 0.25) is 5.91 Å². The Hall–Kier alpha value is -1.59. The van der Waals surface area contributed by atoms with Crippen LogP contribution in [0.15, 0.2) is 23.2 Å². The molecule has 0 radical (unpaired) electrons. The zero-order valence-corrected chi connectivity index (χ0v) is 21.2. The van der Waals surface area contributed by atoms with Gasteiger partial charge >= 0.3 is 0 Å². The summed E-state index contributed by atoms with van der Waals surface area (Å²) >= 11 is 0. The summed E-state index contributed by atoms with van der Waals surface area (Å²) in [6.45, 7) is 7.70. The minimum absolute atomic E-state index is 0. The highest BCUT2D eigenvalue weighted by atomic mass is 127. The van der Waals surface area contributed by atoms with Crippen LogP contribution in [0.3, 0.4) is 0 Å². The van der Waals surface area contributed by atoms with Gasteiger partial charge in [-0.25, -0.2) is 4.99 Å². The van der Waals surface area contributed by atoms with Gasteiger partial charge in [0.25, 0.3) is 0 Å². The Bertz CT molecular complexity index is 641. The lowest BCUT2D eigenvalue weighted by atomic mass is 10.1. The Morgan fingerprint density at radius 3 is 2.60 bits per heavy atom. The van der Waals surface area contributed by atoms with Crippen LogP contribution in [-0.4, -0.2) is 77.5 Å². The fraction of sp³-hybridized carbons (Fsp3) is 0.619. The number of carbonyl (C=O) groups is 1. The second-order valence-corrected chi connectivity index (χ2v) is 6.74. The number of nitrogens with one attached hydrogen (secondary N) is 2. The Morgan fingerprint density at radius 2 is 1.93 bits per heavy atom. The molecule has 0 unspecified atom stereocenters. The number of rotatable bonds is 13. The van der Waals surface area contributed by atoms with E-state index in [1.54, 1.807) is 26.1 Å². The Morgan fingerprint density at radius 1 is 1.17 bits per heavy atom. The maximum absolute atomic E-state index is 11.9. The molecule has 0 saturated heterocycles. The Kier molecular flexibility index (Phi) is 16.2. The molecule has 9 heteroatoms. The lowest BCUT2D eigenvalue weighted by Crippen LogP contribution is -2.43. The van der Waals surface area contributed by atoms with Crippen LogP contribution in [0.2, 0.25) is 0 Å². The number of guanidine groups is 1. The molecule has 30 heavy (non-hydrogen) atoms. The van der Waals surface area contributed by atoms with Crippen LogP contribution in [0, 0.1) is 6.92 Å². The number of ether oxygens (including phenoxy) is 3. The van der Waals surface area contributed by atoms with Gasteiger partial charge < -0.3 is 29.7 Å². The van der Waals surface area contributed by atoms with Crippen molar-refractivity contribution in [1.82, 2.24) is 15.5 Å². The van der Waals surface area contributed by atoms with Gasteiger partial charge in [-0.2, -0.15) is 0 Å². The lowest BCUT2D eigenvalue weighted by molar-refractivity contribution is -0.127. The summed E-state index contributed by atoms with van der Waals surface area (Å²) in [5.41, 5.74) is 2.09. The molecular formula is C21H37IN4O4. The second kappa shape index (κ2) is 17.1. The molecule has 0 saturated carbocycles. The molecule has 0 aliphatic rings. The molecule has 0 fully saturated rings. The molecule has 0 aliphatic carbocycles. The highest BCUT2D eigenvalue weighted by molar-refractivity contribution is 14.0. The fourth-order valence-electron chi connectivity index (χ4n) is 2.34. The lowest BCUT2D eigenvalue weighted by Gasteiger charge is -2.16. The van der Waals surface area contributed by atoms with E-state index < -0.39 is 0 Å². The molecule has 1 amide bonds. The van der Waals surface area contributed by atoms with Crippen LogP contribution < -0.4 is 15.4 Å². The summed E-state index contributed by atoms with van der Waals surface area (Å²) < 4.78 is 16.3. The average Bonchev–Trinajstić information content (AvgIpc) is 2.70. The first-order chi connectivity index (χ1) is 14.0. The van der Waals surface area contributed by atoms with Crippen molar-refractivity contribution in [2.24, 2.45) is 4.99 Å². The van der Waals surface area contributed by atoms with Crippen LogP contribution in [0.1, 0.15) is 24.5 Å². The van der Waals surface area contributed by atoms with Gasteiger partial charge in [0, 0.05) is 46.5 Å².